The standard InChI is InChI=1S/C21H26N4O/c1-2-3-14-24-15-12-18(13-16-24)26-20-11-7-10-19-21(20)22-23-25(19)17-8-5-4-6-9-17/h4-11,18H,2-3,12-16H2,1H3. The summed E-state index contributed by atoms with van der Waals surface area (Å²) in [5.41, 5.74) is 2.83. The van der Waals surface area contributed by atoms with E-state index in [1.54, 1.807) is 0 Å². The smallest absolute Gasteiger partial charge is 0.155 e. The normalized spacial score (nSPS) is 16.2. The van der Waals surface area contributed by atoms with Gasteiger partial charge < -0.3 is 9.64 Å². The molecule has 0 N–H and O–H groups in total. The van der Waals surface area contributed by atoms with Crippen LogP contribution in [0.3, 0.4) is 0 Å². The molecule has 2 aromatic carbocycles. The molecule has 0 aliphatic carbocycles. The Hall–Kier alpha value is -2.40. The van der Waals surface area contributed by atoms with Crippen LogP contribution in [0.15, 0.2) is 48.5 Å². The minimum atomic E-state index is 0.264. The van der Waals surface area contributed by atoms with Crippen LogP contribution in [0, 0.1) is 0 Å². The molecule has 4 rings (SSSR count). The first-order valence-corrected chi connectivity index (χ1v) is 9.64. The molecule has 0 saturated carbocycles. The second-order valence-electron chi connectivity index (χ2n) is 6.97. The number of benzene rings is 2. The summed E-state index contributed by atoms with van der Waals surface area (Å²) in [5, 5.41) is 8.74. The Balaban J connectivity index is 1.49. The maximum atomic E-state index is 6.33. The van der Waals surface area contributed by atoms with Gasteiger partial charge >= 0.3 is 0 Å². The average molecular weight is 350 g/mol. The topological polar surface area (TPSA) is 43.2 Å². The van der Waals surface area contributed by atoms with Crippen LogP contribution in [0.5, 0.6) is 5.75 Å². The lowest BCUT2D eigenvalue weighted by molar-refractivity contribution is 0.101. The van der Waals surface area contributed by atoms with Gasteiger partial charge in [-0.05, 0) is 50.1 Å². The van der Waals surface area contributed by atoms with Gasteiger partial charge in [0.2, 0.25) is 0 Å². The van der Waals surface area contributed by atoms with Crippen molar-refractivity contribution in [3.8, 4) is 11.4 Å². The van der Waals surface area contributed by atoms with E-state index in [1.165, 1.54) is 19.4 Å². The first-order valence-electron chi connectivity index (χ1n) is 9.64. The number of ether oxygens (including phenoxy) is 1. The summed E-state index contributed by atoms with van der Waals surface area (Å²) in [6.45, 7) is 5.71. The van der Waals surface area contributed by atoms with Crippen LogP contribution in [0.4, 0.5) is 0 Å². The van der Waals surface area contributed by atoms with Crippen LogP contribution in [-0.2, 0) is 0 Å². The van der Waals surface area contributed by atoms with Gasteiger partial charge in [-0.2, -0.15) is 0 Å². The van der Waals surface area contributed by atoms with Crippen molar-refractivity contribution in [3.05, 3.63) is 48.5 Å². The third kappa shape index (κ3) is 3.58. The highest BCUT2D eigenvalue weighted by Gasteiger charge is 2.21. The molecule has 5 heteroatoms. The molecule has 0 atom stereocenters. The van der Waals surface area contributed by atoms with Gasteiger partial charge in [-0.3, -0.25) is 0 Å². The van der Waals surface area contributed by atoms with Crippen LogP contribution >= 0.6 is 0 Å². The number of likely N-dealkylation sites (tertiary alicyclic amines) is 1. The molecular formula is C21H26N4O. The lowest BCUT2D eigenvalue weighted by Crippen LogP contribution is -2.38. The molecule has 0 radical (unpaired) electrons. The third-order valence-corrected chi connectivity index (χ3v) is 5.10. The fourth-order valence-corrected chi connectivity index (χ4v) is 3.59. The Morgan fingerprint density at radius 2 is 1.85 bits per heavy atom. The molecule has 2 heterocycles. The molecule has 5 nitrogen and oxygen atoms in total. The molecule has 0 bridgehead atoms. The first kappa shape index (κ1) is 17.0. The number of hydrogen-bond donors (Lipinski definition) is 0. The van der Waals surface area contributed by atoms with Gasteiger partial charge in [0.05, 0.1) is 11.2 Å². The molecule has 1 saturated heterocycles. The fraction of sp³-hybridized carbons (Fsp3) is 0.429. The maximum Gasteiger partial charge on any atom is 0.155 e. The highest BCUT2D eigenvalue weighted by molar-refractivity contribution is 5.82. The van der Waals surface area contributed by atoms with E-state index in [2.05, 4.69) is 22.1 Å². The predicted octanol–water partition coefficient (Wildman–Crippen LogP) is 4.06. The first-order chi connectivity index (χ1) is 12.8. The van der Waals surface area contributed by atoms with E-state index in [0.717, 1.165) is 48.4 Å². The number of para-hydroxylation sites is 1. The zero-order valence-corrected chi connectivity index (χ0v) is 15.3. The summed E-state index contributed by atoms with van der Waals surface area (Å²) in [5.74, 6) is 0.844. The van der Waals surface area contributed by atoms with E-state index >= 15 is 0 Å². The third-order valence-electron chi connectivity index (χ3n) is 5.10. The van der Waals surface area contributed by atoms with Crippen molar-refractivity contribution in [2.45, 2.75) is 38.7 Å². The van der Waals surface area contributed by atoms with E-state index in [1.807, 2.05) is 53.2 Å². The van der Waals surface area contributed by atoms with E-state index in [0.29, 0.717) is 0 Å². The zero-order valence-electron chi connectivity index (χ0n) is 15.3. The van der Waals surface area contributed by atoms with Gasteiger partial charge in [0.1, 0.15) is 11.9 Å². The molecule has 3 aromatic rings. The van der Waals surface area contributed by atoms with Gasteiger partial charge in [-0.1, -0.05) is 42.8 Å². The van der Waals surface area contributed by atoms with Crippen molar-refractivity contribution in [3.63, 3.8) is 0 Å². The van der Waals surface area contributed by atoms with Gasteiger partial charge in [-0.25, -0.2) is 4.68 Å². The van der Waals surface area contributed by atoms with Crippen molar-refractivity contribution in [1.82, 2.24) is 19.9 Å². The molecule has 26 heavy (non-hydrogen) atoms. The number of hydrogen-bond acceptors (Lipinski definition) is 4. The summed E-state index contributed by atoms with van der Waals surface area (Å²) in [6, 6.07) is 16.2. The molecular weight excluding hydrogens is 324 g/mol. The number of fused-ring (bicyclic) bond motifs is 1. The van der Waals surface area contributed by atoms with Crippen LogP contribution in [0.2, 0.25) is 0 Å². The second kappa shape index (κ2) is 7.87. The monoisotopic (exact) mass is 350 g/mol. The van der Waals surface area contributed by atoms with E-state index in [-0.39, 0.29) is 6.10 Å². The Morgan fingerprint density at radius 1 is 1.04 bits per heavy atom. The van der Waals surface area contributed by atoms with Crippen LogP contribution < -0.4 is 4.74 Å². The molecule has 136 valence electrons. The van der Waals surface area contributed by atoms with E-state index in [9.17, 15) is 0 Å². The Kier molecular flexibility index (Phi) is 5.16. The number of aromatic nitrogens is 3. The van der Waals surface area contributed by atoms with E-state index < -0.39 is 0 Å². The van der Waals surface area contributed by atoms with Crippen LogP contribution in [-0.4, -0.2) is 45.6 Å². The molecule has 1 aliphatic heterocycles. The van der Waals surface area contributed by atoms with Crippen molar-refractivity contribution in [1.29, 1.82) is 0 Å². The highest BCUT2D eigenvalue weighted by atomic mass is 16.5. The van der Waals surface area contributed by atoms with Gasteiger partial charge in [0.25, 0.3) is 0 Å². The van der Waals surface area contributed by atoms with Crippen molar-refractivity contribution in [2.75, 3.05) is 19.6 Å². The lowest BCUT2D eigenvalue weighted by atomic mass is 10.1. The quantitative estimate of drug-likeness (QED) is 0.672. The van der Waals surface area contributed by atoms with E-state index in [4.69, 9.17) is 4.74 Å². The lowest BCUT2D eigenvalue weighted by Gasteiger charge is -2.32. The number of nitrogens with zero attached hydrogens (tertiary/aromatic N) is 4. The van der Waals surface area contributed by atoms with Gasteiger partial charge in [0.15, 0.2) is 5.52 Å². The molecule has 1 aliphatic rings. The van der Waals surface area contributed by atoms with Gasteiger partial charge in [-0.15, -0.1) is 5.10 Å². The largest absolute Gasteiger partial charge is 0.488 e. The fourth-order valence-electron chi connectivity index (χ4n) is 3.59. The van der Waals surface area contributed by atoms with Crippen molar-refractivity contribution in [2.24, 2.45) is 0 Å². The molecule has 1 aromatic heterocycles. The average Bonchev–Trinajstić information content (AvgIpc) is 3.13. The van der Waals surface area contributed by atoms with Crippen molar-refractivity contribution < 1.29 is 4.74 Å². The SMILES string of the molecule is CCCCN1CCC(Oc2cccc3c2nnn3-c2ccccc2)CC1. The number of piperidine rings is 1. The number of rotatable bonds is 6. The zero-order chi connectivity index (χ0) is 17.8. The Labute approximate surface area is 154 Å². The van der Waals surface area contributed by atoms with Gasteiger partial charge in [0, 0.05) is 13.1 Å². The Bertz CT molecular complexity index is 838. The van der Waals surface area contributed by atoms with Crippen LogP contribution in [0.25, 0.3) is 16.7 Å². The molecule has 0 unspecified atom stereocenters. The molecule has 0 spiro atoms. The minimum absolute atomic E-state index is 0.264. The molecule has 0 amide bonds. The molecule has 1 fully saturated rings. The maximum absolute atomic E-state index is 6.33. The van der Waals surface area contributed by atoms with Crippen LogP contribution in [0.1, 0.15) is 32.6 Å². The predicted molar refractivity (Wildman–Crippen MR) is 104 cm³/mol. The minimum Gasteiger partial charge on any atom is -0.488 e. The summed E-state index contributed by atoms with van der Waals surface area (Å²) in [4.78, 5) is 2.55. The summed E-state index contributed by atoms with van der Waals surface area (Å²) in [7, 11) is 0. The van der Waals surface area contributed by atoms with Crippen molar-refractivity contribution >= 4 is 11.0 Å². The summed E-state index contributed by atoms with van der Waals surface area (Å²) in [6.07, 6.45) is 4.96. The second-order valence-corrected chi connectivity index (χ2v) is 6.97. The highest BCUT2D eigenvalue weighted by Crippen LogP contribution is 2.27. The number of unbranched alkanes of at least 4 members (excludes halogenated alkanes) is 1. The Morgan fingerprint density at radius 3 is 2.62 bits per heavy atom. The summed E-state index contributed by atoms with van der Waals surface area (Å²) >= 11 is 0. The summed E-state index contributed by atoms with van der Waals surface area (Å²) < 4.78 is 8.20.